The molecule has 0 bridgehead atoms. The largest absolute Gasteiger partial charge is 0.508 e. The van der Waals surface area contributed by atoms with Crippen molar-refractivity contribution in [3.8, 4) is 11.5 Å². The molecule has 0 fully saturated rings. The first-order valence-corrected chi connectivity index (χ1v) is 6.26. The summed E-state index contributed by atoms with van der Waals surface area (Å²) in [6.07, 6.45) is 0.661. The van der Waals surface area contributed by atoms with Crippen LogP contribution < -0.4 is 10.6 Å². The van der Waals surface area contributed by atoms with Gasteiger partial charge in [0.15, 0.2) is 0 Å². The van der Waals surface area contributed by atoms with E-state index in [1.54, 1.807) is 42.5 Å². The second kappa shape index (κ2) is 6.47. The van der Waals surface area contributed by atoms with Crippen molar-refractivity contribution in [2.75, 3.05) is 11.9 Å². The van der Waals surface area contributed by atoms with Crippen molar-refractivity contribution in [3.63, 3.8) is 0 Å². The number of anilines is 1. The maximum Gasteiger partial charge on any atom is 0.319 e. The zero-order valence-electron chi connectivity index (χ0n) is 10.8. The summed E-state index contributed by atoms with van der Waals surface area (Å²) in [6.45, 7) is 0.463. The van der Waals surface area contributed by atoms with Gasteiger partial charge in [0.1, 0.15) is 11.5 Å². The van der Waals surface area contributed by atoms with E-state index in [0.29, 0.717) is 18.7 Å². The summed E-state index contributed by atoms with van der Waals surface area (Å²) in [5, 5.41) is 23.9. The van der Waals surface area contributed by atoms with Crippen molar-refractivity contribution in [1.29, 1.82) is 0 Å². The van der Waals surface area contributed by atoms with Crippen LogP contribution in [0.2, 0.25) is 0 Å². The number of urea groups is 1. The molecule has 2 aromatic carbocycles. The Morgan fingerprint density at radius 1 is 1.00 bits per heavy atom. The number of nitrogens with one attached hydrogen (secondary N) is 2. The van der Waals surface area contributed by atoms with Crippen LogP contribution >= 0.6 is 0 Å². The molecule has 0 saturated heterocycles. The second-order valence-corrected chi connectivity index (χ2v) is 4.31. The van der Waals surface area contributed by atoms with Gasteiger partial charge in [0, 0.05) is 6.54 Å². The van der Waals surface area contributed by atoms with Gasteiger partial charge in [0.2, 0.25) is 0 Å². The third-order valence-electron chi connectivity index (χ3n) is 2.79. The molecule has 5 nitrogen and oxygen atoms in total. The molecule has 0 spiro atoms. The fourth-order valence-electron chi connectivity index (χ4n) is 1.73. The zero-order chi connectivity index (χ0) is 14.4. The molecule has 0 unspecified atom stereocenters. The third kappa shape index (κ3) is 3.91. The number of carbonyl (C=O) groups excluding carboxylic acids is 1. The van der Waals surface area contributed by atoms with Gasteiger partial charge in [-0.3, -0.25) is 0 Å². The van der Waals surface area contributed by atoms with Gasteiger partial charge in [-0.2, -0.15) is 0 Å². The van der Waals surface area contributed by atoms with Crippen molar-refractivity contribution in [2.24, 2.45) is 0 Å². The fourth-order valence-corrected chi connectivity index (χ4v) is 1.73. The first kappa shape index (κ1) is 13.7. The molecule has 5 heteroatoms. The Kier molecular flexibility index (Phi) is 4.44. The van der Waals surface area contributed by atoms with Crippen molar-refractivity contribution < 1.29 is 15.0 Å². The number of carbonyl (C=O) groups is 1. The summed E-state index contributed by atoms with van der Waals surface area (Å²) >= 11 is 0. The van der Waals surface area contributed by atoms with E-state index in [9.17, 15) is 9.90 Å². The minimum atomic E-state index is -0.370. The van der Waals surface area contributed by atoms with Crippen LogP contribution in [0.5, 0.6) is 11.5 Å². The average Bonchev–Trinajstić information content (AvgIpc) is 2.44. The molecule has 2 aromatic rings. The molecular weight excluding hydrogens is 256 g/mol. The van der Waals surface area contributed by atoms with E-state index >= 15 is 0 Å². The zero-order valence-corrected chi connectivity index (χ0v) is 10.8. The smallest absolute Gasteiger partial charge is 0.319 e. The minimum absolute atomic E-state index is 0.0289. The van der Waals surface area contributed by atoms with Gasteiger partial charge in [0.25, 0.3) is 0 Å². The molecule has 0 heterocycles. The SMILES string of the molecule is O=C(NCCc1ccc(O)cc1)Nc1ccccc1O. The van der Waals surface area contributed by atoms with Gasteiger partial charge in [-0.15, -0.1) is 0 Å². The highest BCUT2D eigenvalue weighted by atomic mass is 16.3. The van der Waals surface area contributed by atoms with E-state index in [-0.39, 0.29) is 17.5 Å². The standard InChI is InChI=1S/C15H16N2O3/c18-12-7-5-11(6-8-12)9-10-16-15(20)17-13-3-1-2-4-14(13)19/h1-8,18-19H,9-10H2,(H2,16,17,20). The quantitative estimate of drug-likeness (QED) is 0.645. The molecule has 0 aliphatic heterocycles. The number of phenols is 2. The monoisotopic (exact) mass is 272 g/mol. The van der Waals surface area contributed by atoms with Crippen LogP contribution in [-0.2, 0) is 6.42 Å². The first-order valence-electron chi connectivity index (χ1n) is 6.26. The van der Waals surface area contributed by atoms with Crippen molar-refractivity contribution in [2.45, 2.75) is 6.42 Å². The Morgan fingerprint density at radius 2 is 1.70 bits per heavy atom. The van der Waals surface area contributed by atoms with E-state index in [2.05, 4.69) is 10.6 Å². The first-order chi connectivity index (χ1) is 9.65. The summed E-state index contributed by atoms with van der Waals surface area (Å²) in [7, 11) is 0. The van der Waals surface area contributed by atoms with Crippen LogP contribution in [0.15, 0.2) is 48.5 Å². The maximum absolute atomic E-state index is 11.6. The Hall–Kier alpha value is -2.69. The lowest BCUT2D eigenvalue weighted by molar-refractivity contribution is 0.252. The normalized spacial score (nSPS) is 10.0. The molecular formula is C15H16N2O3. The molecule has 104 valence electrons. The van der Waals surface area contributed by atoms with Crippen molar-refractivity contribution >= 4 is 11.7 Å². The molecule has 2 amide bonds. The number of hydrogen-bond donors (Lipinski definition) is 4. The van der Waals surface area contributed by atoms with E-state index < -0.39 is 0 Å². The third-order valence-corrected chi connectivity index (χ3v) is 2.79. The minimum Gasteiger partial charge on any atom is -0.508 e. The number of aromatic hydroxyl groups is 2. The Balaban J connectivity index is 1.78. The van der Waals surface area contributed by atoms with Crippen LogP contribution in [0.1, 0.15) is 5.56 Å². The topological polar surface area (TPSA) is 81.6 Å². The molecule has 0 atom stereocenters. The van der Waals surface area contributed by atoms with Crippen molar-refractivity contribution in [3.05, 3.63) is 54.1 Å². The summed E-state index contributed by atoms with van der Waals surface area (Å²) in [4.78, 5) is 11.6. The van der Waals surface area contributed by atoms with E-state index in [1.165, 1.54) is 6.07 Å². The van der Waals surface area contributed by atoms with Crippen LogP contribution in [0.25, 0.3) is 0 Å². The average molecular weight is 272 g/mol. The fraction of sp³-hybridized carbons (Fsp3) is 0.133. The summed E-state index contributed by atoms with van der Waals surface area (Å²) in [6, 6.07) is 13.0. The molecule has 0 aliphatic carbocycles. The summed E-state index contributed by atoms with van der Waals surface area (Å²) in [5.41, 5.74) is 1.39. The second-order valence-electron chi connectivity index (χ2n) is 4.31. The van der Waals surface area contributed by atoms with Crippen LogP contribution in [0, 0.1) is 0 Å². The predicted octanol–water partition coefficient (Wildman–Crippen LogP) is 2.46. The number of benzene rings is 2. The Bertz CT molecular complexity index is 582. The van der Waals surface area contributed by atoms with E-state index in [1.807, 2.05) is 0 Å². The van der Waals surface area contributed by atoms with Crippen LogP contribution in [0.3, 0.4) is 0 Å². The van der Waals surface area contributed by atoms with Gasteiger partial charge >= 0.3 is 6.03 Å². The Labute approximate surface area is 116 Å². The van der Waals surface area contributed by atoms with Gasteiger partial charge in [-0.05, 0) is 36.2 Å². The molecule has 20 heavy (non-hydrogen) atoms. The number of amides is 2. The van der Waals surface area contributed by atoms with Gasteiger partial charge < -0.3 is 20.8 Å². The van der Waals surface area contributed by atoms with Crippen LogP contribution in [0.4, 0.5) is 10.5 Å². The number of hydrogen-bond acceptors (Lipinski definition) is 3. The molecule has 4 N–H and O–H groups in total. The molecule has 0 saturated carbocycles. The summed E-state index contributed by atoms with van der Waals surface area (Å²) in [5.74, 6) is 0.250. The molecule has 0 aliphatic rings. The highest BCUT2D eigenvalue weighted by molar-refractivity contribution is 5.90. The van der Waals surface area contributed by atoms with Gasteiger partial charge in [-0.25, -0.2) is 4.79 Å². The number of para-hydroxylation sites is 2. The summed E-state index contributed by atoms with van der Waals surface area (Å²) < 4.78 is 0. The lowest BCUT2D eigenvalue weighted by Gasteiger charge is -2.08. The molecule has 0 aromatic heterocycles. The lowest BCUT2D eigenvalue weighted by atomic mass is 10.1. The van der Waals surface area contributed by atoms with Crippen LogP contribution in [-0.4, -0.2) is 22.8 Å². The predicted molar refractivity (Wildman–Crippen MR) is 76.9 cm³/mol. The Morgan fingerprint density at radius 3 is 2.40 bits per heavy atom. The lowest BCUT2D eigenvalue weighted by Crippen LogP contribution is -2.30. The van der Waals surface area contributed by atoms with Gasteiger partial charge in [-0.1, -0.05) is 24.3 Å². The number of rotatable bonds is 4. The maximum atomic E-state index is 11.6. The van der Waals surface area contributed by atoms with Crippen molar-refractivity contribution in [1.82, 2.24) is 5.32 Å². The van der Waals surface area contributed by atoms with E-state index in [0.717, 1.165) is 5.56 Å². The number of phenolic OH excluding ortho intramolecular Hbond substituents is 2. The molecule has 2 rings (SSSR count). The van der Waals surface area contributed by atoms with Gasteiger partial charge in [0.05, 0.1) is 5.69 Å². The molecule has 0 radical (unpaired) electrons. The highest BCUT2D eigenvalue weighted by Gasteiger charge is 2.04. The highest BCUT2D eigenvalue weighted by Crippen LogP contribution is 2.21. The van der Waals surface area contributed by atoms with E-state index in [4.69, 9.17) is 5.11 Å².